The zero-order chi connectivity index (χ0) is 27.3. The van der Waals surface area contributed by atoms with E-state index in [9.17, 15) is 26.7 Å². The second-order valence-electron chi connectivity index (χ2n) is 8.25. The summed E-state index contributed by atoms with van der Waals surface area (Å²) in [4.78, 5) is 29.1. The number of hydrogen-bond acceptors (Lipinski definition) is 8. The average molecular weight is 532 g/mol. The second kappa shape index (κ2) is 11.4. The molecule has 0 unspecified atom stereocenters. The molecule has 13 heteroatoms. The van der Waals surface area contributed by atoms with Gasteiger partial charge in [-0.05, 0) is 18.6 Å². The molecule has 0 spiro atoms. The predicted molar refractivity (Wildman–Crippen MR) is 125 cm³/mol. The van der Waals surface area contributed by atoms with E-state index in [0.717, 1.165) is 24.4 Å². The molecular formula is C25H21F5N6O2. The van der Waals surface area contributed by atoms with Crippen molar-refractivity contribution in [2.45, 2.75) is 45.3 Å². The van der Waals surface area contributed by atoms with Gasteiger partial charge in [0.2, 0.25) is 5.89 Å². The number of halogens is 5. The SMILES string of the molecule is CCc1noc(CCCC(=O)c2cc(NCc3ccc(F)cc3F)nc(-c3cncc(C(F)(F)F)c3)n2)n1. The lowest BCUT2D eigenvalue weighted by Gasteiger charge is -2.12. The first kappa shape index (κ1) is 26.8. The van der Waals surface area contributed by atoms with E-state index < -0.39 is 29.2 Å². The Morgan fingerprint density at radius 1 is 1.05 bits per heavy atom. The molecule has 1 aromatic carbocycles. The Balaban J connectivity index is 1.58. The van der Waals surface area contributed by atoms with Gasteiger partial charge in [-0.2, -0.15) is 18.2 Å². The minimum absolute atomic E-state index is 0.0349. The zero-order valence-electron chi connectivity index (χ0n) is 20.0. The van der Waals surface area contributed by atoms with E-state index in [1.54, 1.807) is 0 Å². The van der Waals surface area contributed by atoms with Crippen molar-refractivity contribution in [1.82, 2.24) is 25.1 Å². The minimum Gasteiger partial charge on any atom is -0.366 e. The third kappa shape index (κ3) is 6.72. The summed E-state index contributed by atoms with van der Waals surface area (Å²) in [6, 6.07) is 5.18. The van der Waals surface area contributed by atoms with E-state index in [1.165, 1.54) is 12.1 Å². The van der Waals surface area contributed by atoms with Crippen molar-refractivity contribution in [3.05, 3.63) is 82.9 Å². The standard InChI is InChI=1S/C25H21F5N6O2/c1-2-21-34-23(38-36-21)5-3-4-20(37)19-10-22(32-12-14-6-7-17(26)9-18(14)27)35-24(33-19)15-8-16(13-31-11-15)25(28,29)30/h6-11,13H,2-5,12H2,1H3,(H,32,33,35). The number of rotatable bonds is 10. The molecule has 4 rings (SSSR count). The number of aromatic nitrogens is 5. The lowest BCUT2D eigenvalue weighted by atomic mass is 10.1. The molecule has 8 nitrogen and oxygen atoms in total. The van der Waals surface area contributed by atoms with Crippen molar-refractivity contribution < 1.29 is 31.3 Å². The molecule has 0 amide bonds. The van der Waals surface area contributed by atoms with Crippen molar-refractivity contribution in [3.63, 3.8) is 0 Å². The first-order valence-corrected chi connectivity index (χ1v) is 11.6. The Labute approximate surface area is 213 Å². The van der Waals surface area contributed by atoms with Gasteiger partial charge < -0.3 is 9.84 Å². The van der Waals surface area contributed by atoms with Crippen LogP contribution < -0.4 is 5.32 Å². The van der Waals surface area contributed by atoms with Gasteiger partial charge in [0.1, 0.15) is 23.1 Å². The summed E-state index contributed by atoms with van der Waals surface area (Å²) in [5, 5.41) is 6.62. The quantitative estimate of drug-likeness (QED) is 0.208. The Hall–Kier alpha value is -4.29. The van der Waals surface area contributed by atoms with Crippen LogP contribution in [-0.2, 0) is 25.6 Å². The van der Waals surface area contributed by atoms with E-state index in [4.69, 9.17) is 4.52 Å². The summed E-state index contributed by atoms with van der Waals surface area (Å²) in [5.41, 5.74) is -1.02. The predicted octanol–water partition coefficient (Wildman–Crippen LogP) is 5.60. The summed E-state index contributed by atoms with van der Waals surface area (Å²) < 4.78 is 72.1. The lowest BCUT2D eigenvalue weighted by molar-refractivity contribution is -0.137. The van der Waals surface area contributed by atoms with Crippen LogP contribution in [0.1, 0.15) is 53.1 Å². The molecule has 3 heterocycles. The van der Waals surface area contributed by atoms with Gasteiger partial charge in [0.15, 0.2) is 17.4 Å². The summed E-state index contributed by atoms with van der Waals surface area (Å²) in [5.74, 6) is -1.12. The lowest BCUT2D eigenvalue weighted by Crippen LogP contribution is -2.10. The van der Waals surface area contributed by atoms with Gasteiger partial charge in [0.25, 0.3) is 0 Å². The van der Waals surface area contributed by atoms with Gasteiger partial charge in [-0.15, -0.1) is 0 Å². The maximum atomic E-state index is 14.1. The third-order valence-corrected chi connectivity index (χ3v) is 5.43. The number of benzene rings is 1. The molecule has 3 aromatic heterocycles. The first-order chi connectivity index (χ1) is 18.1. The van der Waals surface area contributed by atoms with Crippen LogP contribution in [0.25, 0.3) is 11.4 Å². The maximum Gasteiger partial charge on any atom is 0.417 e. The highest BCUT2D eigenvalue weighted by Gasteiger charge is 2.31. The van der Waals surface area contributed by atoms with Crippen LogP contribution in [0.5, 0.6) is 0 Å². The Morgan fingerprint density at radius 3 is 2.58 bits per heavy atom. The van der Waals surface area contributed by atoms with E-state index in [-0.39, 0.29) is 41.4 Å². The summed E-state index contributed by atoms with van der Waals surface area (Å²) in [7, 11) is 0. The topological polar surface area (TPSA) is 107 Å². The molecule has 38 heavy (non-hydrogen) atoms. The largest absolute Gasteiger partial charge is 0.417 e. The van der Waals surface area contributed by atoms with Crippen molar-refractivity contribution in [1.29, 1.82) is 0 Å². The smallest absolute Gasteiger partial charge is 0.366 e. The van der Waals surface area contributed by atoms with Gasteiger partial charge in [0.05, 0.1) is 5.56 Å². The minimum atomic E-state index is -4.65. The fourth-order valence-electron chi connectivity index (χ4n) is 3.44. The van der Waals surface area contributed by atoms with Crippen LogP contribution in [0.3, 0.4) is 0 Å². The van der Waals surface area contributed by atoms with Crippen LogP contribution in [-0.4, -0.2) is 30.9 Å². The molecule has 0 radical (unpaired) electrons. The van der Waals surface area contributed by atoms with Crippen LogP contribution in [0.4, 0.5) is 27.8 Å². The highest BCUT2D eigenvalue weighted by molar-refractivity contribution is 5.95. The molecular weight excluding hydrogens is 511 g/mol. The molecule has 0 saturated heterocycles. The average Bonchev–Trinajstić information content (AvgIpc) is 3.35. The molecule has 4 aromatic rings. The summed E-state index contributed by atoms with van der Waals surface area (Å²) in [6.45, 7) is 1.74. The van der Waals surface area contributed by atoms with Crippen LogP contribution in [0.2, 0.25) is 0 Å². The molecule has 0 saturated carbocycles. The maximum absolute atomic E-state index is 14.1. The van der Waals surface area contributed by atoms with Crippen molar-refractivity contribution in [2.75, 3.05) is 5.32 Å². The zero-order valence-corrected chi connectivity index (χ0v) is 20.0. The number of anilines is 1. The fraction of sp³-hybridized carbons (Fsp3) is 0.280. The van der Waals surface area contributed by atoms with Crippen molar-refractivity contribution in [2.24, 2.45) is 0 Å². The van der Waals surface area contributed by atoms with Crippen LogP contribution in [0, 0.1) is 11.6 Å². The van der Waals surface area contributed by atoms with Crippen molar-refractivity contribution in [3.8, 4) is 11.4 Å². The number of aryl methyl sites for hydroxylation is 2. The fourth-order valence-corrected chi connectivity index (χ4v) is 3.44. The van der Waals surface area contributed by atoms with Gasteiger partial charge in [-0.1, -0.05) is 18.1 Å². The number of nitrogens with one attached hydrogen (secondary N) is 1. The third-order valence-electron chi connectivity index (χ3n) is 5.43. The Bertz CT molecular complexity index is 1440. The Morgan fingerprint density at radius 2 is 1.87 bits per heavy atom. The van der Waals surface area contributed by atoms with Gasteiger partial charge in [-0.3, -0.25) is 9.78 Å². The summed E-state index contributed by atoms with van der Waals surface area (Å²) in [6.07, 6.45) is -1.49. The highest BCUT2D eigenvalue weighted by atomic mass is 19.4. The van der Waals surface area contributed by atoms with Crippen LogP contribution in [0.15, 0.2) is 47.2 Å². The molecule has 0 aliphatic heterocycles. The number of carbonyl (C=O) groups is 1. The second-order valence-corrected chi connectivity index (χ2v) is 8.25. The number of alkyl halides is 3. The van der Waals surface area contributed by atoms with E-state index >= 15 is 0 Å². The Kier molecular flexibility index (Phi) is 8.03. The van der Waals surface area contributed by atoms with E-state index in [1.807, 2.05) is 6.92 Å². The molecule has 0 atom stereocenters. The first-order valence-electron chi connectivity index (χ1n) is 11.6. The molecule has 0 fully saturated rings. The van der Waals surface area contributed by atoms with Gasteiger partial charge >= 0.3 is 6.18 Å². The van der Waals surface area contributed by atoms with Gasteiger partial charge in [0, 0.05) is 61.5 Å². The van der Waals surface area contributed by atoms with Gasteiger partial charge in [-0.25, -0.2) is 18.7 Å². The summed E-state index contributed by atoms with van der Waals surface area (Å²) >= 11 is 0. The number of carbonyl (C=O) groups excluding carboxylic acids is 1. The molecule has 0 aliphatic carbocycles. The van der Waals surface area contributed by atoms with E-state index in [2.05, 4.69) is 30.4 Å². The molecule has 0 aliphatic rings. The normalized spacial score (nSPS) is 11.5. The number of Topliss-reactive ketones (excluding diaryl/α,β-unsaturated/α-hetero) is 1. The molecule has 0 bridgehead atoms. The number of hydrogen-bond donors (Lipinski definition) is 1. The number of ketones is 1. The monoisotopic (exact) mass is 532 g/mol. The van der Waals surface area contributed by atoms with Crippen molar-refractivity contribution >= 4 is 11.6 Å². The van der Waals surface area contributed by atoms with E-state index in [0.29, 0.717) is 37.2 Å². The number of pyridine rings is 1. The number of nitrogens with zero attached hydrogens (tertiary/aromatic N) is 5. The highest BCUT2D eigenvalue weighted by Crippen LogP contribution is 2.31. The van der Waals surface area contributed by atoms with Crippen LogP contribution >= 0.6 is 0 Å². The molecule has 198 valence electrons. The molecule has 1 N–H and O–H groups in total.